The Morgan fingerprint density at radius 1 is 0.824 bits per heavy atom. The summed E-state index contributed by atoms with van der Waals surface area (Å²) >= 11 is 0. The summed E-state index contributed by atoms with van der Waals surface area (Å²) in [7, 11) is 0. The maximum absolute atomic E-state index is 6.16. The number of hydrogen-bond donors (Lipinski definition) is 1. The lowest BCUT2D eigenvalue weighted by molar-refractivity contribution is 0.701. The predicted octanol–water partition coefficient (Wildman–Crippen LogP) is 3.33. The molecule has 0 aliphatic rings. The summed E-state index contributed by atoms with van der Waals surface area (Å²) in [6.45, 7) is 3.81. The maximum Gasteiger partial charge on any atom is 0.0332 e. The van der Waals surface area contributed by atoms with Crippen molar-refractivity contribution in [1.29, 1.82) is 0 Å². The van der Waals surface area contributed by atoms with Crippen molar-refractivity contribution in [2.75, 3.05) is 0 Å². The molecule has 0 aliphatic carbocycles. The number of hydrogen-bond acceptors (Lipinski definition) is 1. The molecule has 0 unspecified atom stereocenters. The molecule has 17 heavy (non-hydrogen) atoms. The highest BCUT2D eigenvalue weighted by molar-refractivity contribution is 5.35. The van der Waals surface area contributed by atoms with E-state index in [9.17, 15) is 0 Å². The van der Waals surface area contributed by atoms with Crippen molar-refractivity contribution in [1.82, 2.24) is 0 Å². The monoisotopic (exact) mass is 223 g/mol. The zero-order valence-electron chi connectivity index (χ0n) is 9.79. The Labute approximate surface area is 103 Å². The maximum atomic E-state index is 6.16. The number of nitrogens with two attached hydrogens (primary N) is 1. The van der Waals surface area contributed by atoms with Crippen LogP contribution in [0.1, 0.15) is 17.0 Å². The third kappa shape index (κ3) is 2.63. The zero-order chi connectivity index (χ0) is 12.1. The summed E-state index contributed by atoms with van der Waals surface area (Å²) in [6, 6.07) is 20.6. The Bertz CT molecular complexity index is 422. The third-order valence-electron chi connectivity index (χ3n) is 2.97. The van der Waals surface area contributed by atoms with Crippen molar-refractivity contribution in [2.45, 2.75) is 12.0 Å². The quantitative estimate of drug-likeness (QED) is 0.790. The van der Waals surface area contributed by atoms with Crippen LogP contribution in [0, 0.1) is 0 Å². The van der Waals surface area contributed by atoms with Crippen LogP contribution in [-0.2, 0) is 0 Å². The summed E-state index contributed by atoms with van der Waals surface area (Å²) in [5, 5.41) is 0. The van der Waals surface area contributed by atoms with E-state index in [0.717, 1.165) is 0 Å². The minimum atomic E-state index is -0.0696. The van der Waals surface area contributed by atoms with Crippen LogP contribution in [0.25, 0.3) is 0 Å². The first-order valence-electron chi connectivity index (χ1n) is 5.81. The van der Waals surface area contributed by atoms with Gasteiger partial charge in [0, 0.05) is 12.0 Å². The van der Waals surface area contributed by atoms with Gasteiger partial charge in [-0.25, -0.2) is 0 Å². The van der Waals surface area contributed by atoms with E-state index < -0.39 is 0 Å². The highest BCUT2D eigenvalue weighted by Gasteiger charge is 2.18. The van der Waals surface area contributed by atoms with Gasteiger partial charge in [-0.1, -0.05) is 66.7 Å². The van der Waals surface area contributed by atoms with Crippen LogP contribution in [0.4, 0.5) is 0 Å². The second-order valence-corrected chi connectivity index (χ2v) is 4.11. The number of rotatable bonds is 4. The van der Waals surface area contributed by atoms with Gasteiger partial charge in [-0.15, -0.1) is 6.58 Å². The highest BCUT2D eigenvalue weighted by atomic mass is 14.6. The Balaban J connectivity index is 2.43. The minimum absolute atomic E-state index is 0.0696. The standard InChI is InChI=1S/C16H17N/c1-2-15(17)16(13-9-5-3-6-10-13)14-11-7-4-8-12-14/h2-12,15-16H,1,17H2/t15-/m1/s1. The van der Waals surface area contributed by atoms with Crippen LogP contribution in [0.2, 0.25) is 0 Å². The van der Waals surface area contributed by atoms with Crippen LogP contribution in [0.3, 0.4) is 0 Å². The molecule has 1 atom stereocenters. The molecule has 1 heteroatoms. The molecule has 0 fully saturated rings. The molecular weight excluding hydrogens is 206 g/mol. The molecule has 0 saturated heterocycles. The van der Waals surface area contributed by atoms with Crippen LogP contribution in [-0.4, -0.2) is 6.04 Å². The van der Waals surface area contributed by atoms with E-state index in [4.69, 9.17) is 5.73 Å². The second-order valence-electron chi connectivity index (χ2n) is 4.11. The zero-order valence-corrected chi connectivity index (χ0v) is 9.79. The molecule has 0 amide bonds. The molecule has 0 heterocycles. The van der Waals surface area contributed by atoms with Gasteiger partial charge in [0.1, 0.15) is 0 Å². The first kappa shape index (κ1) is 11.6. The van der Waals surface area contributed by atoms with Crippen molar-refractivity contribution in [2.24, 2.45) is 5.73 Å². The van der Waals surface area contributed by atoms with Crippen molar-refractivity contribution < 1.29 is 0 Å². The highest BCUT2D eigenvalue weighted by Crippen LogP contribution is 2.27. The Morgan fingerprint density at radius 3 is 1.59 bits per heavy atom. The summed E-state index contributed by atoms with van der Waals surface area (Å²) in [5.41, 5.74) is 8.62. The summed E-state index contributed by atoms with van der Waals surface area (Å²) in [6.07, 6.45) is 1.81. The lowest BCUT2D eigenvalue weighted by Gasteiger charge is -2.22. The van der Waals surface area contributed by atoms with Gasteiger partial charge in [-0.05, 0) is 11.1 Å². The topological polar surface area (TPSA) is 26.0 Å². The van der Waals surface area contributed by atoms with Gasteiger partial charge in [0.05, 0.1) is 0 Å². The molecule has 0 spiro atoms. The van der Waals surface area contributed by atoms with Gasteiger partial charge in [0.2, 0.25) is 0 Å². The van der Waals surface area contributed by atoms with Crippen LogP contribution in [0.5, 0.6) is 0 Å². The average molecular weight is 223 g/mol. The minimum Gasteiger partial charge on any atom is -0.324 e. The smallest absolute Gasteiger partial charge is 0.0332 e. The molecule has 0 radical (unpaired) electrons. The first-order chi connectivity index (χ1) is 8.33. The van der Waals surface area contributed by atoms with Crippen LogP contribution in [0.15, 0.2) is 73.3 Å². The van der Waals surface area contributed by atoms with Gasteiger partial charge < -0.3 is 5.73 Å². The molecule has 0 aliphatic heterocycles. The van der Waals surface area contributed by atoms with Gasteiger partial charge in [-0.2, -0.15) is 0 Å². The second kappa shape index (κ2) is 5.46. The molecular formula is C16H17N. The molecule has 2 aromatic rings. The average Bonchev–Trinajstić information content (AvgIpc) is 2.41. The van der Waals surface area contributed by atoms with Gasteiger partial charge in [-0.3, -0.25) is 0 Å². The normalized spacial score (nSPS) is 12.4. The Hall–Kier alpha value is -1.86. The van der Waals surface area contributed by atoms with Gasteiger partial charge in [0.15, 0.2) is 0 Å². The molecule has 2 rings (SSSR count). The largest absolute Gasteiger partial charge is 0.324 e. The summed E-state index contributed by atoms with van der Waals surface area (Å²) < 4.78 is 0. The summed E-state index contributed by atoms with van der Waals surface area (Å²) in [4.78, 5) is 0. The van der Waals surface area contributed by atoms with E-state index in [1.165, 1.54) is 11.1 Å². The summed E-state index contributed by atoms with van der Waals surface area (Å²) in [5.74, 6) is 0.176. The Kier molecular flexibility index (Phi) is 3.73. The van der Waals surface area contributed by atoms with E-state index in [1.807, 2.05) is 42.5 Å². The van der Waals surface area contributed by atoms with Crippen molar-refractivity contribution >= 4 is 0 Å². The van der Waals surface area contributed by atoms with Crippen molar-refractivity contribution in [3.05, 3.63) is 84.4 Å². The molecule has 2 N–H and O–H groups in total. The van der Waals surface area contributed by atoms with E-state index in [-0.39, 0.29) is 12.0 Å². The molecule has 2 aromatic carbocycles. The molecule has 0 bridgehead atoms. The lowest BCUT2D eigenvalue weighted by atomic mass is 9.85. The predicted molar refractivity (Wildman–Crippen MR) is 72.9 cm³/mol. The fourth-order valence-corrected chi connectivity index (χ4v) is 2.09. The van der Waals surface area contributed by atoms with Crippen molar-refractivity contribution in [3.63, 3.8) is 0 Å². The van der Waals surface area contributed by atoms with Crippen LogP contribution >= 0.6 is 0 Å². The Morgan fingerprint density at radius 2 is 1.24 bits per heavy atom. The molecule has 1 nitrogen and oxygen atoms in total. The SMILES string of the molecule is C=C[C@@H](N)C(c1ccccc1)c1ccccc1. The van der Waals surface area contributed by atoms with Gasteiger partial charge >= 0.3 is 0 Å². The first-order valence-corrected chi connectivity index (χ1v) is 5.81. The molecule has 86 valence electrons. The van der Waals surface area contributed by atoms with Crippen LogP contribution < -0.4 is 5.73 Å². The van der Waals surface area contributed by atoms with E-state index >= 15 is 0 Å². The lowest BCUT2D eigenvalue weighted by Crippen LogP contribution is -2.26. The molecule has 0 aromatic heterocycles. The fraction of sp³-hybridized carbons (Fsp3) is 0.125. The number of benzene rings is 2. The van der Waals surface area contributed by atoms with E-state index in [1.54, 1.807) is 0 Å². The molecule has 0 saturated carbocycles. The fourth-order valence-electron chi connectivity index (χ4n) is 2.09. The van der Waals surface area contributed by atoms with Crippen molar-refractivity contribution in [3.8, 4) is 0 Å². The van der Waals surface area contributed by atoms with E-state index in [2.05, 4.69) is 30.8 Å². The van der Waals surface area contributed by atoms with Gasteiger partial charge in [0.25, 0.3) is 0 Å². The third-order valence-corrected chi connectivity index (χ3v) is 2.97. The van der Waals surface area contributed by atoms with E-state index in [0.29, 0.717) is 0 Å².